The minimum Gasteiger partial charge on any atom is -0.394 e. The van der Waals surface area contributed by atoms with E-state index in [1.807, 2.05) is 0 Å². The second kappa shape index (κ2) is 5.55. The van der Waals surface area contributed by atoms with Crippen LogP contribution < -0.4 is 0 Å². The molecule has 1 saturated heterocycles. The molecule has 0 amide bonds. The van der Waals surface area contributed by atoms with Gasteiger partial charge in [0.1, 0.15) is 18.3 Å². The van der Waals surface area contributed by atoms with E-state index in [1.165, 1.54) is 4.57 Å². The molecule has 1 aliphatic heterocycles. The van der Waals surface area contributed by atoms with Crippen LogP contribution in [-0.2, 0) is 4.74 Å². The zero-order valence-corrected chi connectivity index (χ0v) is 12.7. The van der Waals surface area contributed by atoms with Crippen molar-refractivity contribution in [2.24, 2.45) is 0 Å². The third kappa shape index (κ3) is 2.41. The monoisotopic (exact) mass is 352 g/mol. The number of rotatable bonds is 2. The van der Waals surface area contributed by atoms with Gasteiger partial charge in [-0.2, -0.15) is 0 Å². The van der Waals surface area contributed by atoms with E-state index in [4.69, 9.17) is 44.6 Å². The Morgan fingerprint density at radius 3 is 2.43 bits per heavy atom. The maximum absolute atomic E-state index is 10.1. The van der Waals surface area contributed by atoms with Gasteiger partial charge in [-0.25, -0.2) is 4.98 Å². The minimum atomic E-state index is -1.26. The Bertz CT molecular complexity index is 693. The lowest BCUT2D eigenvalue weighted by Gasteiger charge is -2.18. The molecule has 3 N–H and O–H groups in total. The van der Waals surface area contributed by atoms with Crippen LogP contribution in [0, 0.1) is 0 Å². The van der Waals surface area contributed by atoms with Crippen molar-refractivity contribution in [3.05, 3.63) is 27.5 Å². The number of aliphatic hydroxyl groups is 3. The summed E-state index contributed by atoms with van der Waals surface area (Å²) in [5.41, 5.74) is 0.983. The van der Waals surface area contributed by atoms with Crippen LogP contribution in [0.3, 0.4) is 0 Å². The molecule has 0 radical (unpaired) electrons. The van der Waals surface area contributed by atoms with Gasteiger partial charge in [0.2, 0.25) is 5.28 Å². The van der Waals surface area contributed by atoms with E-state index in [0.717, 1.165) is 0 Å². The molecular formula is C12H11Cl3N2O4. The Hall–Kier alpha value is -0.600. The van der Waals surface area contributed by atoms with Crippen LogP contribution in [0.15, 0.2) is 12.1 Å². The molecule has 6 nitrogen and oxygen atoms in total. The summed E-state index contributed by atoms with van der Waals surface area (Å²) in [6, 6.07) is 3.09. The fraction of sp³-hybridized carbons (Fsp3) is 0.417. The van der Waals surface area contributed by atoms with Crippen LogP contribution in [0.2, 0.25) is 15.3 Å². The van der Waals surface area contributed by atoms with E-state index in [0.29, 0.717) is 21.1 Å². The summed E-state index contributed by atoms with van der Waals surface area (Å²) < 4.78 is 6.86. The molecule has 0 saturated carbocycles. The van der Waals surface area contributed by atoms with Crippen molar-refractivity contribution in [1.82, 2.24) is 9.55 Å². The van der Waals surface area contributed by atoms with Crippen LogP contribution in [0.4, 0.5) is 0 Å². The maximum Gasteiger partial charge on any atom is 0.206 e. The summed E-state index contributed by atoms with van der Waals surface area (Å²) in [6.45, 7) is -0.425. The summed E-state index contributed by atoms with van der Waals surface area (Å²) in [4.78, 5) is 4.12. The zero-order valence-electron chi connectivity index (χ0n) is 10.4. The number of aliphatic hydroxyl groups excluding tert-OH is 3. The molecule has 3 rings (SSSR count). The fourth-order valence-electron chi connectivity index (χ4n) is 2.40. The van der Waals surface area contributed by atoms with Crippen LogP contribution in [0.1, 0.15) is 6.23 Å². The van der Waals surface area contributed by atoms with E-state index in [9.17, 15) is 10.2 Å². The first-order valence-electron chi connectivity index (χ1n) is 6.09. The number of nitrogens with zero attached hydrogens (tertiary/aromatic N) is 2. The molecule has 114 valence electrons. The third-order valence-corrected chi connectivity index (χ3v) is 4.45. The number of hydrogen-bond acceptors (Lipinski definition) is 5. The Kier molecular flexibility index (Phi) is 4.04. The topological polar surface area (TPSA) is 87.7 Å². The zero-order chi connectivity index (χ0) is 15.3. The van der Waals surface area contributed by atoms with Crippen LogP contribution in [0.25, 0.3) is 11.0 Å². The highest BCUT2D eigenvalue weighted by molar-refractivity contribution is 6.42. The lowest BCUT2D eigenvalue weighted by molar-refractivity contribution is -0.0507. The first-order chi connectivity index (χ1) is 9.93. The highest BCUT2D eigenvalue weighted by Crippen LogP contribution is 2.36. The summed E-state index contributed by atoms with van der Waals surface area (Å²) >= 11 is 18.0. The molecule has 0 spiro atoms. The van der Waals surface area contributed by atoms with Crippen molar-refractivity contribution < 1.29 is 20.1 Å². The van der Waals surface area contributed by atoms with E-state index >= 15 is 0 Å². The van der Waals surface area contributed by atoms with Crippen molar-refractivity contribution in [1.29, 1.82) is 0 Å². The Morgan fingerprint density at radius 1 is 1.14 bits per heavy atom. The number of ether oxygens (including phenoxy) is 1. The number of hydrogen-bond donors (Lipinski definition) is 3. The van der Waals surface area contributed by atoms with E-state index < -0.39 is 31.1 Å². The fourth-order valence-corrected chi connectivity index (χ4v) is 2.99. The summed E-state index contributed by atoms with van der Waals surface area (Å²) in [5.74, 6) is 0. The smallest absolute Gasteiger partial charge is 0.206 e. The second-order valence-corrected chi connectivity index (χ2v) is 5.89. The Labute approximate surface area is 134 Å². The first kappa shape index (κ1) is 15.3. The lowest BCUT2D eigenvalue weighted by Crippen LogP contribution is -2.33. The van der Waals surface area contributed by atoms with Crippen molar-refractivity contribution >= 4 is 45.8 Å². The van der Waals surface area contributed by atoms with Crippen molar-refractivity contribution in [2.45, 2.75) is 24.5 Å². The summed E-state index contributed by atoms with van der Waals surface area (Å²) in [6.07, 6.45) is -4.36. The molecule has 1 aromatic carbocycles. The van der Waals surface area contributed by atoms with Gasteiger partial charge < -0.3 is 20.1 Å². The van der Waals surface area contributed by atoms with Crippen LogP contribution in [-0.4, -0.2) is 49.8 Å². The Balaban J connectivity index is 2.12. The molecule has 9 heteroatoms. The largest absolute Gasteiger partial charge is 0.394 e. The van der Waals surface area contributed by atoms with E-state index in [2.05, 4.69) is 4.98 Å². The average molecular weight is 354 g/mol. The van der Waals surface area contributed by atoms with Gasteiger partial charge in [0, 0.05) is 0 Å². The van der Waals surface area contributed by atoms with Gasteiger partial charge in [-0.1, -0.05) is 23.2 Å². The Morgan fingerprint density at radius 2 is 1.81 bits per heavy atom. The van der Waals surface area contributed by atoms with Gasteiger partial charge in [0.05, 0.1) is 27.7 Å². The summed E-state index contributed by atoms with van der Waals surface area (Å²) in [5, 5.41) is 29.7. The predicted octanol–water partition coefficient (Wildman–Crippen LogP) is 1.61. The van der Waals surface area contributed by atoms with Gasteiger partial charge in [0.15, 0.2) is 6.23 Å². The number of imidazole rings is 1. The molecule has 0 aliphatic carbocycles. The standard InChI is InChI=1S/C12H11Cl3N2O4/c13-4-1-6-7(2-5(4)14)17(12(15)16-6)11-10(20)9(19)8(3-18)21-11/h1-2,8-11,18-20H,3H2/t8-,9+,10+,11+/m0/s1. The molecule has 0 bridgehead atoms. The van der Waals surface area contributed by atoms with Gasteiger partial charge in [-0.15, -0.1) is 0 Å². The molecule has 1 aromatic heterocycles. The highest BCUT2D eigenvalue weighted by atomic mass is 35.5. The minimum absolute atomic E-state index is 0.0539. The second-order valence-electron chi connectivity index (χ2n) is 4.73. The molecular weight excluding hydrogens is 343 g/mol. The quantitative estimate of drug-likeness (QED) is 0.763. The number of fused-ring (bicyclic) bond motifs is 1. The number of halogens is 3. The molecule has 0 unspecified atom stereocenters. The average Bonchev–Trinajstić information content (AvgIpc) is 2.89. The van der Waals surface area contributed by atoms with Crippen molar-refractivity contribution in [3.63, 3.8) is 0 Å². The normalized spacial score (nSPS) is 29.4. The van der Waals surface area contributed by atoms with E-state index in [-0.39, 0.29) is 5.28 Å². The predicted molar refractivity (Wildman–Crippen MR) is 77.8 cm³/mol. The van der Waals surface area contributed by atoms with Crippen molar-refractivity contribution in [2.75, 3.05) is 6.61 Å². The van der Waals surface area contributed by atoms with Crippen LogP contribution >= 0.6 is 34.8 Å². The number of benzene rings is 1. The molecule has 1 fully saturated rings. The molecule has 2 aromatic rings. The van der Waals surface area contributed by atoms with Crippen molar-refractivity contribution in [3.8, 4) is 0 Å². The van der Waals surface area contributed by atoms with Crippen LogP contribution in [0.5, 0.6) is 0 Å². The van der Waals surface area contributed by atoms with Gasteiger partial charge in [0.25, 0.3) is 0 Å². The SMILES string of the molecule is OC[C@@H]1O[C@@H](n2c(Cl)nc3cc(Cl)c(Cl)cc32)[C@H](O)[C@@H]1O. The molecule has 21 heavy (non-hydrogen) atoms. The number of aromatic nitrogens is 2. The van der Waals surface area contributed by atoms with Gasteiger partial charge >= 0.3 is 0 Å². The molecule has 1 aliphatic rings. The third-order valence-electron chi connectivity index (χ3n) is 3.46. The molecule has 4 atom stereocenters. The van der Waals surface area contributed by atoms with Gasteiger partial charge in [-0.3, -0.25) is 4.57 Å². The lowest BCUT2D eigenvalue weighted by atomic mass is 10.1. The molecule has 2 heterocycles. The highest BCUT2D eigenvalue weighted by Gasteiger charge is 2.44. The van der Waals surface area contributed by atoms with Gasteiger partial charge in [-0.05, 0) is 23.7 Å². The maximum atomic E-state index is 10.1. The van der Waals surface area contributed by atoms with E-state index in [1.54, 1.807) is 12.1 Å². The first-order valence-corrected chi connectivity index (χ1v) is 7.22. The summed E-state index contributed by atoms with van der Waals surface area (Å²) in [7, 11) is 0.